The van der Waals surface area contributed by atoms with Gasteiger partial charge in [-0.15, -0.1) is 0 Å². The highest BCUT2D eigenvalue weighted by Gasteiger charge is 2.35. The highest BCUT2D eigenvalue weighted by molar-refractivity contribution is 5.82. The van der Waals surface area contributed by atoms with E-state index in [4.69, 9.17) is 0 Å². The van der Waals surface area contributed by atoms with Gasteiger partial charge in [-0.2, -0.15) is 0 Å². The number of likely N-dealkylation sites (tertiary alicyclic amines) is 1. The third kappa shape index (κ3) is 3.21. The van der Waals surface area contributed by atoms with Gasteiger partial charge in [-0.05, 0) is 54.4 Å². The zero-order chi connectivity index (χ0) is 12.5. The Bertz CT molecular complexity index is 247. The van der Waals surface area contributed by atoms with Gasteiger partial charge in [0.1, 0.15) is 0 Å². The Kier molecular flexibility index (Phi) is 4.00. The molecule has 94 valence electrons. The lowest BCUT2D eigenvalue weighted by Crippen LogP contribution is -2.53. The van der Waals surface area contributed by atoms with Gasteiger partial charge in [-0.25, -0.2) is 0 Å². The van der Waals surface area contributed by atoms with Gasteiger partial charge >= 0.3 is 0 Å². The Balaban J connectivity index is 2.63. The van der Waals surface area contributed by atoms with Gasteiger partial charge in [0, 0.05) is 17.6 Å². The number of carbonyl (C=O) groups is 1. The molecule has 0 aliphatic carbocycles. The van der Waals surface area contributed by atoms with Crippen molar-refractivity contribution in [2.45, 2.75) is 78.0 Å². The lowest BCUT2D eigenvalue weighted by Gasteiger charge is -2.33. The van der Waals surface area contributed by atoms with Crippen molar-refractivity contribution in [3.05, 3.63) is 0 Å². The minimum atomic E-state index is -0.141. The van der Waals surface area contributed by atoms with E-state index < -0.39 is 0 Å². The van der Waals surface area contributed by atoms with Crippen molar-refractivity contribution < 1.29 is 4.79 Å². The fraction of sp³-hybridized carbons (Fsp3) is 0.923. The van der Waals surface area contributed by atoms with E-state index in [9.17, 15) is 4.79 Å². The summed E-state index contributed by atoms with van der Waals surface area (Å²) >= 11 is 0. The SMILES string of the molecule is CC1CCC(C)N1C(C)C(=O)NC(C)(C)C. The normalized spacial score (nSPS) is 29.1. The molecule has 0 radical (unpaired) electrons. The van der Waals surface area contributed by atoms with Crippen LogP contribution in [0.25, 0.3) is 0 Å². The highest BCUT2D eigenvalue weighted by atomic mass is 16.2. The molecule has 1 rings (SSSR count). The number of nitrogens with one attached hydrogen (secondary N) is 1. The molecule has 1 saturated heterocycles. The number of amides is 1. The average Bonchev–Trinajstić information content (AvgIpc) is 2.42. The Morgan fingerprint density at radius 2 is 1.69 bits per heavy atom. The largest absolute Gasteiger partial charge is 0.350 e. The van der Waals surface area contributed by atoms with Crippen molar-refractivity contribution in [3.63, 3.8) is 0 Å². The molecule has 1 aliphatic rings. The molecule has 1 heterocycles. The molecular weight excluding hydrogens is 200 g/mol. The first-order valence-electron chi connectivity index (χ1n) is 6.32. The molecule has 3 nitrogen and oxygen atoms in total. The standard InChI is InChI=1S/C13H26N2O/c1-9-7-8-10(2)15(9)11(3)12(16)14-13(4,5)6/h9-11H,7-8H2,1-6H3,(H,14,16). The predicted molar refractivity (Wildman–Crippen MR) is 67.4 cm³/mol. The van der Waals surface area contributed by atoms with Gasteiger partial charge in [0.15, 0.2) is 0 Å². The monoisotopic (exact) mass is 226 g/mol. The van der Waals surface area contributed by atoms with Crippen molar-refractivity contribution in [1.82, 2.24) is 10.2 Å². The van der Waals surface area contributed by atoms with Crippen LogP contribution in [0.3, 0.4) is 0 Å². The van der Waals surface area contributed by atoms with Crippen LogP contribution in [0.2, 0.25) is 0 Å². The van der Waals surface area contributed by atoms with Gasteiger partial charge in [0.2, 0.25) is 5.91 Å². The average molecular weight is 226 g/mol. The van der Waals surface area contributed by atoms with Crippen LogP contribution in [0.1, 0.15) is 54.4 Å². The van der Waals surface area contributed by atoms with Crippen LogP contribution < -0.4 is 5.32 Å². The lowest BCUT2D eigenvalue weighted by atomic mass is 10.1. The lowest BCUT2D eigenvalue weighted by molar-refractivity contribution is -0.128. The summed E-state index contributed by atoms with van der Waals surface area (Å²) in [6, 6.07) is 1.03. The smallest absolute Gasteiger partial charge is 0.237 e. The number of hydrogen-bond acceptors (Lipinski definition) is 2. The molecule has 3 heteroatoms. The van der Waals surface area contributed by atoms with Crippen LogP contribution in [-0.4, -0.2) is 34.5 Å². The minimum absolute atomic E-state index is 0.0216. The van der Waals surface area contributed by atoms with Crippen molar-refractivity contribution in [2.24, 2.45) is 0 Å². The maximum atomic E-state index is 12.1. The molecule has 0 bridgehead atoms. The van der Waals surface area contributed by atoms with Gasteiger partial charge < -0.3 is 5.32 Å². The van der Waals surface area contributed by atoms with E-state index in [0.717, 1.165) is 0 Å². The van der Waals surface area contributed by atoms with Crippen molar-refractivity contribution in [3.8, 4) is 0 Å². The summed E-state index contributed by atoms with van der Waals surface area (Å²) in [5, 5.41) is 3.06. The van der Waals surface area contributed by atoms with Crippen LogP contribution in [0.4, 0.5) is 0 Å². The van der Waals surface area contributed by atoms with Crippen LogP contribution >= 0.6 is 0 Å². The number of hydrogen-bond donors (Lipinski definition) is 1. The summed E-state index contributed by atoms with van der Waals surface area (Å²) in [4.78, 5) is 14.4. The maximum Gasteiger partial charge on any atom is 0.237 e. The molecule has 3 unspecified atom stereocenters. The summed E-state index contributed by atoms with van der Waals surface area (Å²) < 4.78 is 0. The second-order valence-corrected chi connectivity index (χ2v) is 6.14. The molecule has 3 atom stereocenters. The molecule has 0 aromatic rings. The first-order valence-corrected chi connectivity index (χ1v) is 6.32. The maximum absolute atomic E-state index is 12.1. The molecule has 0 aromatic carbocycles. The molecule has 1 aliphatic heterocycles. The second kappa shape index (κ2) is 4.74. The summed E-state index contributed by atoms with van der Waals surface area (Å²) in [5.74, 6) is 0.146. The van der Waals surface area contributed by atoms with Gasteiger partial charge in [0.05, 0.1) is 6.04 Å². The molecule has 1 N–H and O–H groups in total. The Morgan fingerprint density at radius 1 is 1.25 bits per heavy atom. The molecule has 0 saturated carbocycles. The third-order valence-electron chi connectivity index (χ3n) is 3.34. The number of rotatable bonds is 2. The van der Waals surface area contributed by atoms with E-state index >= 15 is 0 Å². The molecule has 0 spiro atoms. The van der Waals surface area contributed by atoms with Gasteiger partial charge in [-0.3, -0.25) is 9.69 Å². The first-order chi connectivity index (χ1) is 7.22. The molecule has 1 amide bonds. The molecule has 0 aromatic heterocycles. The van der Waals surface area contributed by atoms with Gasteiger partial charge in [-0.1, -0.05) is 0 Å². The third-order valence-corrected chi connectivity index (χ3v) is 3.34. The van der Waals surface area contributed by atoms with Crippen molar-refractivity contribution in [2.75, 3.05) is 0 Å². The zero-order valence-electron chi connectivity index (χ0n) is 11.5. The fourth-order valence-electron chi connectivity index (χ4n) is 2.59. The molecule has 1 fully saturated rings. The quantitative estimate of drug-likeness (QED) is 0.782. The predicted octanol–water partition coefficient (Wildman–Crippen LogP) is 2.16. The summed E-state index contributed by atoms with van der Waals surface area (Å²) in [7, 11) is 0. The Hall–Kier alpha value is -0.570. The van der Waals surface area contributed by atoms with Crippen LogP contribution in [0.15, 0.2) is 0 Å². The first kappa shape index (κ1) is 13.5. The Morgan fingerprint density at radius 3 is 2.06 bits per heavy atom. The van der Waals surface area contributed by atoms with Crippen molar-refractivity contribution in [1.29, 1.82) is 0 Å². The van der Waals surface area contributed by atoms with E-state index in [1.807, 2.05) is 27.7 Å². The number of nitrogens with zero attached hydrogens (tertiary/aromatic N) is 1. The van der Waals surface area contributed by atoms with Crippen molar-refractivity contribution >= 4 is 5.91 Å². The van der Waals surface area contributed by atoms with Crippen LogP contribution in [0, 0.1) is 0 Å². The zero-order valence-corrected chi connectivity index (χ0v) is 11.5. The van der Waals surface area contributed by atoms with E-state index in [2.05, 4.69) is 24.1 Å². The van der Waals surface area contributed by atoms with E-state index in [0.29, 0.717) is 12.1 Å². The van der Waals surface area contributed by atoms with Gasteiger partial charge in [0.25, 0.3) is 0 Å². The minimum Gasteiger partial charge on any atom is -0.350 e. The summed E-state index contributed by atoms with van der Waals surface area (Å²) in [5.41, 5.74) is -0.141. The van der Waals surface area contributed by atoms with Crippen LogP contribution in [0.5, 0.6) is 0 Å². The van der Waals surface area contributed by atoms with E-state index in [-0.39, 0.29) is 17.5 Å². The number of carbonyl (C=O) groups excluding carboxylic acids is 1. The van der Waals surface area contributed by atoms with Crippen LogP contribution in [-0.2, 0) is 4.79 Å². The Labute approximate surface area is 99.6 Å². The second-order valence-electron chi connectivity index (χ2n) is 6.14. The molecular formula is C13H26N2O. The van der Waals surface area contributed by atoms with E-state index in [1.165, 1.54) is 12.8 Å². The molecule has 16 heavy (non-hydrogen) atoms. The van der Waals surface area contributed by atoms with E-state index in [1.54, 1.807) is 0 Å². The summed E-state index contributed by atoms with van der Waals surface area (Å²) in [6.07, 6.45) is 2.41. The highest BCUT2D eigenvalue weighted by Crippen LogP contribution is 2.26. The fourth-order valence-corrected chi connectivity index (χ4v) is 2.59. The summed E-state index contributed by atoms with van der Waals surface area (Å²) in [6.45, 7) is 12.5. The topological polar surface area (TPSA) is 32.3 Å².